The zero-order chi connectivity index (χ0) is 25.5. The molecule has 184 valence electrons. The van der Waals surface area contributed by atoms with E-state index in [1.54, 1.807) is 18.2 Å². The Labute approximate surface area is 220 Å². The number of anilines is 1. The first kappa shape index (κ1) is 26.5. The van der Waals surface area contributed by atoms with Crippen LogP contribution in [-0.4, -0.2) is 42.0 Å². The van der Waals surface area contributed by atoms with Gasteiger partial charge in [0.1, 0.15) is 17.5 Å². The van der Waals surface area contributed by atoms with Crippen LogP contribution in [0.2, 0.25) is 0 Å². The molecular formula is C25H25Br2N3O5. The van der Waals surface area contributed by atoms with Gasteiger partial charge in [0.2, 0.25) is 0 Å². The average molecular weight is 607 g/mol. The molecule has 1 atom stereocenters. The van der Waals surface area contributed by atoms with E-state index in [2.05, 4.69) is 47.5 Å². The van der Waals surface area contributed by atoms with Crippen LogP contribution in [0, 0.1) is 0 Å². The third-order valence-corrected chi connectivity index (χ3v) is 6.68. The molecule has 0 bridgehead atoms. The molecule has 3 aromatic rings. The molecule has 3 N–H and O–H groups in total. The van der Waals surface area contributed by atoms with Crippen molar-refractivity contribution in [2.24, 2.45) is 0 Å². The van der Waals surface area contributed by atoms with E-state index in [9.17, 15) is 14.4 Å². The monoisotopic (exact) mass is 605 g/mol. The minimum atomic E-state index is -0.867. The lowest BCUT2D eigenvalue weighted by atomic mass is 10.1. The minimum absolute atomic E-state index is 0.210. The molecule has 0 aliphatic heterocycles. The van der Waals surface area contributed by atoms with Crippen LogP contribution in [0.5, 0.6) is 5.75 Å². The van der Waals surface area contributed by atoms with Crippen molar-refractivity contribution >= 4 is 55.3 Å². The van der Waals surface area contributed by atoms with E-state index in [0.717, 1.165) is 5.56 Å². The van der Waals surface area contributed by atoms with Gasteiger partial charge >= 0.3 is 5.97 Å². The standard InChI is InChI=1S/C25H25Br2N3O5/c1-14(2)35-21-12-16(9-10-18(21)29-24(32)19-13-17(26)22(27)28-19)23(31)30-20(25(33)34-3)11-15-7-5-4-6-8-15/h4-10,12-14,20,28H,11H2,1-3H3,(H,29,32)(H,30,31)/t20-/m0/s1. The fraction of sp³-hybridized carbons (Fsp3) is 0.240. The van der Waals surface area contributed by atoms with E-state index < -0.39 is 17.9 Å². The maximum Gasteiger partial charge on any atom is 0.328 e. The predicted octanol–water partition coefficient (Wildman–Crippen LogP) is 5.09. The molecule has 0 unspecified atom stereocenters. The van der Waals surface area contributed by atoms with Crippen molar-refractivity contribution in [1.29, 1.82) is 0 Å². The van der Waals surface area contributed by atoms with Gasteiger partial charge in [0.25, 0.3) is 11.8 Å². The number of aromatic amines is 1. The number of esters is 1. The summed E-state index contributed by atoms with van der Waals surface area (Å²) in [5.74, 6) is -1.08. The molecule has 0 radical (unpaired) electrons. The van der Waals surface area contributed by atoms with Crippen molar-refractivity contribution in [3.63, 3.8) is 0 Å². The van der Waals surface area contributed by atoms with Gasteiger partial charge in [-0.05, 0) is 75.5 Å². The molecule has 0 fully saturated rings. The van der Waals surface area contributed by atoms with Crippen molar-refractivity contribution in [2.45, 2.75) is 32.4 Å². The molecule has 1 aromatic heterocycles. The van der Waals surface area contributed by atoms with Crippen LogP contribution < -0.4 is 15.4 Å². The zero-order valence-corrected chi connectivity index (χ0v) is 22.5. The first-order valence-electron chi connectivity index (χ1n) is 10.8. The van der Waals surface area contributed by atoms with Crippen molar-refractivity contribution in [3.8, 4) is 5.75 Å². The number of ether oxygens (including phenoxy) is 2. The lowest BCUT2D eigenvalue weighted by molar-refractivity contribution is -0.142. The molecule has 2 amide bonds. The number of hydrogen-bond donors (Lipinski definition) is 3. The van der Waals surface area contributed by atoms with Crippen LogP contribution in [0.1, 0.15) is 40.3 Å². The average Bonchev–Trinajstić information content (AvgIpc) is 3.17. The highest BCUT2D eigenvalue weighted by molar-refractivity contribution is 9.13. The van der Waals surface area contributed by atoms with Gasteiger partial charge in [-0.15, -0.1) is 0 Å². The highest BCUT2D eigenvalue weighted by atomic mass is 79.9. The molecule has 0 saturated carbocycles. The van der Waals surface area contributed by atoms with Gasteiger partial charge in [0.05, 0.1) is 28.0 Å². The largest absolute Gasteiger partial charge is 0.489 e. The number of methoxy groups -OCH3 is 1. The summed E-state index contributed by atoms with van der Waals surface area (Å²) in [6.45, 7) is 3.68. The van der Waals surface area contributed by atoms with E-state index in [4.69, 9.17) is 9.47 Å². The number of carbonyl (C=O) groups is 3. The van der Waals surface area contributed by atoms with Crippen molar-refractivity contribution in [3.05, 3.63) is 80.5 Å². The van der Waals surface area contributed by atoms with E-state index in [1.807, 2.05) is 44.2 Å². The summed E-state index contributed by atoms with van der Waals surface area (Å²) in [7, 11) is 1.28. The first-order chi connectivity index (χ1) is 16.7. The van der Waals surface area contributed by atoms with Gasteiger partial charge in [-0.2, -0.15) is 0 Å². The number of benzene rings is 2. The van der Waals surface area contributed by atoms with E-state index in [1.165, 1.54) is 13.2 Å². The number of aromatic nitrogens is 1. The molecule has 0 aliphatic rings. The number of amides is 2. The summed E-state index contributed by atoms with van der Waals surface area (Å²) in [5, 5.41) is 5.53. The molecular weight excluding hydrogens is 582 g/mol. The quantitative estimate of drug-likeness (QED) is 0.294. The second-order valence-electron chi connectivity index (χ2n) is 7.92. The SMILES string of the molecule is COC(=O)[C@H](Cc1ccccc1)NC(=O)c1ccc(NC(=O)c2cc(Br)c(Br)[nH]2)c(OC(C)C)c1. The smallest absolute Gasteiger partial charge is 0.328 e. The Kier molecular flexibility index (Phi) is 9.11. The summed E-state index contributed by atoms with van der Waals surface area (Å²) in [5.41, 5.74) is 1.89. The number of hydrogen-bond acceptors (Lipinski definition) is 5. The summed E-state index contributed by atoms with van der Waals surface area (Å²) in [6.07, 6.45) is 0.0722. The van der Waals surface area contributed by atoms with Crippen LogP contribution >= 0.6 is 31.9 Å². The Morgan fingerprint density at radius 3 is 2.31 bits per heavy atom. The second-order valence-corrected chi connectivity index (χ2v) is 9.56. The number of carbonyl (C=O) groups excluding carboxylic acids is 3. The van der Waals surface area contributed by atoms with E-state index in [0.29, 0.717) is 26.2 Å². The van der Waals surface area contributed by atoms with Gasteiger partial charge in [-0.25, -0.2) is 4.79 Å². The third kappa shape index (κ3) is 7.19. The molecule has 0 spiro atoms. The Morgan fingerprint density at radius 2 is 1.71 bits per heavy atom. The zero-order valence-electron chi connectivity index (χ0n) is 19.4. The van der Waals surface area contributed by atoms with Crippen molar-refractivity contribution in [2.75, 3.05) is 12.4 Å². The third-order valence-electron chi connectivity index (χ3n) is 4.90. The Hall–Kier alpha value is -3.11. The number of halogens is 2. The lowest BCUT2D eigenvalue weighted by Crippen LogP contribution is -2.43. The number of H-pyrrole nitrogens is 1. The van der Waals surface area contributed by atoms with Crippen LogP contribution in [0.3, 0.4) is 0 Å². The molecule has 10 heteroatoms. The minimum Gasteiger partial charge on any atom is -0.489 e. The van der Waals surface area contributed by atoms with E-state index >= 15 is 0 Å². The molecule has 3 rings (SSSR count). The molecule has 2 aromatic carbocycles. The number of rotatable bonds is 9. The first-order valence-corrected chi connectivity index (χ1v) is 12.3. The van der Waals surface area contributed by atoms with Crippen LogP contribution in [0.15, 0.2) is 63.7 Å². The predicted molar refractivity (Wildman–Crippen MR) is 140 cm³/mol. The topological polar surface area (TPSA) is 110 Å². The van der Waals surface area contributed by atoms with E-state index in [-0.39, 0.29) is 24.0 Å². The van der Waals surface area contributed by atoms with Crippen molar-refractivity contribution in [1.82, 2.24) is 10.3 Å². The Balaban J connectivity index is 1.81. The van der Waals surface area contributed by atoms with Crippen LogP contribution in [0.4, 0.5) is 5.69 Å². The fourth-order valence-corrected chi connectivity index (χ4v) is 3.92. The van der Waals surface area contributed by atoms with Crippen LogP contribution in [0.25, 0.3) is 0 Å². The Bertz CT molecular complexity index is 1190. The molecule has 1 heterocycles. The van der Waals surface area contributed by atoms with Gasteiger partial charge < -0.3 is 25.1 Å². The molecule has 35 heavy (non-hydrogen) atoms. The van der Waals surface area contributed by atoms with Gasteiger partial charge in [-0.3, -0.25) is 9.59 Å². The number of nitrogens with one attached hydrogen (secondary N) is 3. The normalized spacial score (nSPS) is 11.6. The lowest BCUT2D eigenvalue weighted by Gasteiger charge is -2.19. The van der Waals surface area contributed by atoms with Gasteiger partial charge in [0.15, 0.2) is 0 Å². The molecule has 0 saturated heterocycles. The Morgan fingerprint density at radius 1 is 1.00 bits per heavy atom. The second kappa shape index (κ2) is 12.0. The maximum atomic E-state index is 13.0. The maximum absolute atomic E-state index is 13.0. The highest BCUT2D eigenvalue weighted by Gasteiger charge is 2.24. The molecule has 0 aliphatic carbocycles. The van der Waals surface area contributed by atoms with Crippen LogP contribution in [-0.2, 0) is 16.0 Å². The fourth-order valence-electron chi connectivity index (χ4n) is 3.26. The summed E-state index contributed by atoms with van der Waals surface area (Å²) in [4.78, 5) is 40.9. The molecule has 8 nitrogen and oxygen atoms in total. The summed E-state index contributed by atoms with van der Waals surface area (Å²) >= 11 is 6.65. The highest BCUT2D eigenvalue weighted by Crippen LogP contribution is 2.29. The summed E-state index contributed by atoms with van der Waals surface area (Å²) < 4.78 is 12.1. The van der Waals surface area contributed by atoms with Gasteiger partial charge in [-0.1, -0.05) is 30.3 Å². The summed E-state index contributed by atoms with van der Waals surface area (Å²) in [6, 6.07) is 14.8. The van der Waals surface area contributed by atoms with Crippen molar-refractivity contribution < 1.29 is 23.9 Å². The van der Waals surface area contributed by atoms with Gasteiger partial charge in [0, 0.05) is 12.0 Å².